The number of fused-ring (bicyclic) bond motifs is 1. The predicted molar refractivity (Wildman–Crippen MR) is 131 cm³/mol. The van der Waals surface area contributed by atoms with Crippen LogP contribution in [0.1, 0.15) is 49.7 Å². The lowest BCUT2D eigenvalue weighted by Gasteiger charge is -2.34. The highest BCUT2D eigenvalue weighted by atomic mass is 35.5. The lowest BCUT2D eigenvalue weighted by Crippen LogP contribution is -2.39. The number of hydrogen-bond acceptors (Lipinski definition) is 5. The normalized spacial score (nSPS) is 17.2. The average molecular weight is 452 g/mol. The van der Waals surface area contributed by atoms with E-state index in [1.807, 2.05) is 18.2 Å². The van der Waals surface area contributed by atoms with E-state index in [1.165, 1.54) is 9.65 Å². The molecule has 0 spiro atoms. The van der Waals surface area contributed by atoms with E-state index in [9.17, 15) is 4.79 Å². The smallest absolute Gasteiger partial charge is 0.276 e. The van der Waals surface area contributed by atoms with Gasteiger partial charge in [0.15, 0.2) is 5.82 Å². The third-order valence-corrected chi connectivity index (χ3v) is 6.34. The van der Waals surface area contributed by atoms with E-state index >= 15 is 0 Å². The molecule has 32 heavy (non-hydrogen) atoms. The summed E-state index contributed by atoms with van der Waals surface area (Å²) >= 11 is 6.58. The van der Waals surface area contributed by atoms with Crippen LogP contribution in [-0.2, 0) is 0 Å². The lowest BCUT2D eigenvalue weighted by atomic mass is 9.99. The van der Waals surface area contributed by atoms with Gasteiger partial charge in [0, 0.05) is 23.9 Å². The van der Waals surface area contributed by atoms with E-state index in [2.05, 4.69) is 49.9 Å². The van der Waals surface area contributed by atoms with Gasteiger partial charge in [0.25, 0.3) is 5.56 Å². The van der Waals surface area contributed by atoms with Gasteiger partial charge in [0.05, 0.1) is 23.0 Å². The molecule has 0 saturated carbocycles. The van der Waals surface area contributed by atoms with Crippen molar-refractivity contribution >= 4 is 28.5 Å². The van der Waals surface area contributed by atoms with Crippen LogP contribution in [0.3, 0.4) is 0 Å². The van der Waals surface area contributed by atoms with E-state index in [-0.39, 0.29) is 23.6 Å². The zero-order valence-corrected chi connectivity index (χ0v) is 19.6. The zero-order chi connectivity index (χ0) is 22.8. The fourth-order valence-electron chi connectivity index (χ4n) is 4.41. The molecular weight excluding hydrogens is 422 g/mol. The van der Waals surface area contributed by atoms with Crippen LogP contribution in [0.2, 0.25) is 0 Å². The van der Waals surface area contributed by atoms with Gasteiger partial charge in [-0.25, -0.2) is 9.07 Å². The van der Waals surface area contributed by atoms with Crippen LogP contribution in [0.15, 0.2) is 58.3 Å². The first kappa shape index (κ1) is 22.5. The highest BCUT2D eigenvalue weighted by Gasteiger charge is 2.36. The fourth-order valence-corrected chi connectivity index (χ4v) is 4.64. The van der Waals surface area contributed by atoms with Crippen molar-refractivity contribution in [2.75, 3.05) is 13.1 Å². The summed E-state index contributed by atoms with van der Waals surface area (Å²) in [6.07, 6.45) is 1.84. The summed E-state index contributed by atoms with van der Waals surface area (Å²) in [5.74, 6) is 1.62. The van der Waals surface area contributed by atoms with Gasteiger partial charge in [-0.2, -0.15) is 0 Å². The number of aryl methyl sites for hydroxylation is 1. The number of rotatable bonds is 7. The summed E-state index contributed by atoms with van der Waals surface area (Å²) in [4.78, 5) is 25.2. The Balaban J connectivity index is 1.82. The highest BCUT2D eigenvalue weighted by Crippen LogP contribution is 2.34. The van der Waals surface area contributed by atoms with Crippen LogP contribution >= 0.6 is 11.8 Å². The molecule has 2 N–H and O–H groups in total. The summed E-state index contributed by atoms with van der Waals surface area (Å²) in [5.41, 5.74) is 8.43. The molecular formula is C25H30ClN5O. The molecule has 0 aliphatic carbocycles. The molecule has 7 heteroatoms. The summed E-state index contributed by atoms with van der Waals surface area (Å²) < 4.78 is 1.19. The zero-order valence-electron chi connectivity index (χ0n) is 18.8. The maximum Gasteiger partial charge on any atom is 0.276 e. The van der Waals surface area contributed by atoms with Gasteiger partial charge in [0.2, 0.25) is 0 Å². The lowest BCUT2D eigenvalue weighted by molar-refractivity contribution is 0.243. The van der Waals surface area contributed by atoms with Crippen molar-refractivity contribution in [3.05, 3.63) is 75.8 Å². The number of halogens is 1. The fraction of sp³-hybridized carbons (Fsp3) is 0.400. The number of nitrogens with two attached hydrogens (primary N) is 1. The van der Waals surface area contributed by atoms with Gasteiger partial charge in [0.1, 0.15) is 5.84 Å². The molecule has 4 rings (SSSR count). The van der Waals surface area contributed by atoms with Crippen molar-refractivity contribution in [1.82, 2.24) is 14.0 Å². The van der Waals surface area contributed by atoms with E-state index in [0.29, 0.717) is 23.3 Å². The first-order valence-electron chi connectivity index (χ1n) is 11.2. The molecule has 0 bridgehead atoms. The van der Waals surface area contributed by atoms with Gasteiger partial charge in [-0.1, -0.05) is 55.8 Å². The second-order valence-electron chi connectivity index (χ2n) is 8.82. The number of para-hydroxylation sites is 1. The quantitative estimate of drug-likeness (QED) is 0.581. The SMILES string of the molecule is Cc1ccc(C2=NC(CCCN)CN2[C@@H](c2nc3ccccc3c(=O)n2Cl)C(C)C)cc1. The average Bonchev–Trinajstić information content (AvgIpc) is 3.19. The molecule has 168 valence electrons. The van der Waals surface area contributed by atoms with Gasteiger partial charge in [-0.15, -0.1) is 0 Å². The molecule has 6 nitrogen and oxygen atoms in total. The van der Waals surface area contributed by atoms with Crippen LogP contribution in [0.25, 0.3) is 10.9 Å². The van der Waals surface area contributed by atoms with E-state index < -0.39 is 0 Å². The van der Waals surface area contributed by atoms with Gasteiger partial charge < -0.3 is 10.6 Å². The third-order valence-electron chi connectivity index (χ3n) is 6.02. The van der Waals surface area contributed by atoms with Crippen LogP contribution < -0.4 is 11.3 Å². The Labute approximate surface area is 193 Å². The molecule has 0 amide bonds. The van der Waals surface area contributed by atoms with Crippen molar-refractivity contribution in [1.29, 1.82) is 0 Å². The van der Waals surface area contributed by atoms with Crippen molar-refractivity contribution in [2.24, 2.45) is 16.6 Å². The van der Waals surface area contributed by atoms with E-state index in [4.69, 9.17) is 27.5 Å². The first-order chi connectivity index (χ1) is 15.4. The molecule has 2 heterocycles. The minimum atomic E-state index is -0.245. The Hall–Kier alpha value is -2.70. The van der Waals surface area contributed by atoms with Crippen LogP contribution in [-0.4, -0.2) is 38.9 Å². The van der Waals surface area contributed by atoms with Crippen molar-refractivity contribution in [2.45, 2.75) is 45.7 Å². The second-order valence-corrected chi connectivity index (χ2v) is 9.16. The summed E-state index contributed by atoms with van der Waals surface area (Å²) in [6, 6.07) is 15.7. The number of aliphatic imine (C=N–C) groups is 1. The van der Waals surface area contributed by atoms with Crippen molar-refractivity contribution in [3.8, 4) is 0 Å². The molecule has 1 aromatic heterocycles. The monoisotopic (exact) mass is 451 g/mol. The summed E-state index contributed by atoms with van der Waals surface area (Å²) in [6.45, 7) is 7.72. The standard InChI is InChI=1S/C25H30ClN5O/c1-16(2)22(24-29-21-9-5-4-8-20(21)25(32)31(24)26)30-15-19(7-6-14-27)28-23(30)18-12-10-17(3)11-13-18/h4-5,8-13,16,19,22H,6-7,14-15,27H2,1-3H3/t19?,22-/m1/s1. The summed E-state index contributed by atoms with van der Waals surface area (Å²) in [5, 5.41) is 0.517. The molecule has 2 atom stereocenters. The molecule has 0 saturated heterocycles. The summed E-state index contributed by atoms with van der Waals surface area (Å²) in [7, 11) is 0. The van der Waals surface area contributed by atoms with Crippen LogP contribution in [0, 0.1) is 12.8 Å². The molecule has 1 aliphatic heterocycles. The molecule has 3 aromatic rings. The van der Waals surface area contributed by atoms with Gasteiger partial charge in [-0.3, -0.25) is 9.79 Å². The molecule has 1 unspecified atom stereocenters. The minimum absolute atomic E-state index is 0.145. The predicted octanol–water partition coefficient (Wildman–Crippen LogP) is 4.27. The molecule has 0 fully saturated rings. The Morgan fingerprint density at radius 3 is 2.56 bits per heavy atom. The molecule has 0 radical (unpaired) electrons. The second kappa shape index (κ2) is 9.43. The Bertz CT molecular complexity index is 1190. The number of aromatic nitrogens is 2. The van der Waals surface area contributed by atoms with Gasteiger partial charge in [-0.05, 0) is 44.4 Å². The first-order valence-corrected chi connectivity index (χ1v) is 11.5. The molecule has 2 aromatic carbocycles. The minimum Gasteiger partial charge on any atom is -0.344 e. The van der Waals surface area contributed by atoms with Crippen LogP contribution in [0.5, 0.6) is 0 Å². The molecule has 1 aliphatic rings. The Kier molecular flexibility index (Phi) is 6.63. The maximum absolute atomic E-state index is 13.0. The topological polar surface area (TPSA) is 76.5 Å². The number of hydrogen-bond donors (Lipinski definition) is 1. The van der Waals surface area contributed by atoms with Crippen molar-refractivity contribution in [3.63, 3.8) is 0 Å². The number of amidine groups is 1. The van der Waals surface area contributed by atoms with Gasteiger partial charge >= 0.3 is 0 Å². The van der Waals surface area contributed by atoms with E-state index in [0.717, 1.165) is 30.8 Å². The number of benzene rings is 2. The Morgan fingerprint density at radius 2 is 1.88 bits per heavy atom. The van der Waals surface area contributed by atoms with Crippen LogP contribution in [0.4, 0.5) is 0 Å². The van der Waals surface area contributed by atoms with E-state index in [1.54, 1.807) is 6.07 Å². The largest absolute Gasteiger partial charge is 0.344 e. The van der Waals surface area contributed by atoms with Crippen molar-refractivity contribution < 1.29 is 0 Å². The maximum atomic E-state index is 13.0. The number of nitrogens with zero attached hydrogens (tertiary/aromatic N) is 4. The Morgan fingerprint density at radius 1 is 1.16 bits per heavy atom. The third kappa shape index (κ3) is 4.30. The highest BCUT2D eigenvalue weighted by molar-refractivity contribution is 6.16.